The summed E-state index contributed by atoms with van der Waals surface area (Å²) in [4.78, 5) is 0. The van der Waals surface area contributed by atoms with Gasteiger partial charge in [0.05, 0.1) is 0 Å². The summed E-state index contributed by atoms with van der Waals surface area (Å²) in [6, 6.07) is 39.7. The first kappa shape index (κ1) is 28.5. The lowest BCUT2D eigenvalue weighted by atomic mass is 9.99. The predicted octanol–water partition coefficient (Wildman–Crippen LogP) is 12.3. The minimum atomic E-state index is -1.57. The number of hydrogen-bond donors (Lipinski definition) is 0. The van der Waals surface area contributed by atoms with Crippen LogP contribution >= 0.6 is 8.16 Å². The van der Waals surface area contributed by atoms with Crippen molar-refractivity contribution in [1.29, 1.82) is 0 Å². The van der Waals surface area contributed by atoms with Crippen molar-refractivity contribution in [2.45, 2.75) is 53.6 Å². The molecule has 7 rings (SSSR count). The maximum atomic E-state index is 7.11. The number of benzene rings is 6. The fraction of sp³-hybridized carbons (Fsp3) is 0.200. The van der Waals surface area contributed by atoms with Crippen LogP contribution in [0.2, 0.25) is 0 Å². The van der Waals surface area contributed by atoms with Crippen molar-refractivity contribution < 1.29 is 8.39 Å². The summed E-state index contributed by atoms with van der Waals surface area (Å²) >= 11 is 0. The zero-order valence-electron chi connectivity index (χ0n) is 26.3. The van der Waals surface area contributed by atoms with Gasteiger partial charge in [-0.25, -0.2) is 0 Å². The average Bonchev–Trinajstić information content (AvgIpc) is 3.18. The van der Waals surface area contributed by atoms with E-state index in [1.807, 2.05) is 0 Å². The van der Waals surface area contributed by atoms with E-state index in [0.29, 0.717) is 0 Å². The van der Waals surface area contributed by atoms with E-state index in [1.54, 1.807) is 0 Å². The normalized spacial score (nSPS) is 13.2. The maximum absolute atomic E-state index is 7.11. The van der Waals surface area contributed by atoms with E-state index in [1.165, 1.54) is 43.8 Å². The summed E-state index contributed by atoms with van der Waals surface area (Å²) in [5.41, 5.74) is 8.96. The van der Waals surface area contributed by atoms with Crippen LogP contribution in [0.4, 0.5) is 0 Å². The van der Waals surface area contributed by atoms with Gasteiger partial charge >= 0.3 is 8.16 Å². The predicted molar refractivity (Wildman–Crippen MR) is 188 cm³/mol. The van der Waals surface area contributed by atoms with Crippen molar-refractivity contribution in [3.8, 4) is 0 Å². The average molecular weight is 596 g/mol. The Bertz CT molecular complexity index is 2080. The molecule has 2 atom stereocenters. The highest BCUT2D eigenvalue weighted by atomic mass is 31.1. The molecule has 0 aliphatic carbocycles. The molecule has 44 heavy (non-hydrogen) atoms. The molecule has 0 N–H and O–H groups in total. The molecular weight excluding hydrogens is 557 g/mol. The number of aryl methyl sites for hydroxylation is 4. The molecule has 0 saturated carbocycles. The van der Waals surface area contributed by atoms with E-state index >= 15 is 0 Å². The van der Waals surface area contributed by atoms with Gasteiger partial charge in [-0.05, 0) is 121 Å². The van der Waals surface area contributed by atoms with Gasteiger partial charge in [0.2, 0.25) is 0 Å². The molecule has 0 spiro atoms. The highest BCUT2D eigenvalue weighted by Gasteiger charge is 2.30. The van der Waals surface area contributed by atoms with Gasteiger partial charge in [-0.3, -0.25) is 0 Å². The lowest BCUT2D eigenvalue weighted by Gasteiger charge is -2.32. The van der Waals surface area contributed by atoms with Gasteiger partial charge in [-0.2, -0.15) is 4.67 Å². The molecule has 6 aromatic carbocycles. The van der Waals surface area contributed by atoms with Gasteiger partial charge in [0.15, 0.2) is 0 Å². The molecule has 220 valence electrons. The second-order valence-corrected chi connectivity index (χ2v) is 13.6. The first-order chi connectivity index (χ1) is 21.3. The largest absolute Gasteiger partial charge is 0.407 e. The zero-order chi connectivity index (χ0) is 30.5. The fourth-order valence-electron chi connectivity index (χ4n) is 6.68. The number of fused-ring (bicyclic) bond motifs is 5. The van der Waals surface area contributed by atoms with Gasteiger partial charge in [-0.1, -0.05) is 84.9 Å². The van der Waals surface area contributed by atoms with Crippen LogP contribution in [-0.4, -0.2) is 0 Å². The Kier molecular flexibility index (Phi) is 7.33. The summed E-state index contributed by atoms with van der Waals surface area (Å²) in [5, 5.41) is 7.16. The van der Waals surface area contributed by atoms with E-state index in [0.717, 1.165) is 33.1 Å². The summed E-state index contributed by atoms with van der Waals surface area (Å²) in [6.07, 6.45) is 0. The maximum Gasteiger partial charge on any atom is 0.310 e. The minimum absolute atomic E-state index is 0.00805. The van der Waals surface area contributed by atoms with Gasteiger partial charge in [0.25, 0.3) is 0 Å². The molecule has 7 aromatic rings. The third-order valence-electron chi connectivity index (χ3n) is 8.96. The van der Waals surface area contributed by atoms with Crippen LogP contribution in [0, 0.1) is 27.7 Å². The van der Waals surface area contributed by atoms with E-state index in [4.69, 9.17) is 8.39 Å². The zero-order valence-corrected chi connectivity index (χ0v) is 27.2. The molecule has 0 saturated heterocycles. The van der Waals surface area contributed by atoms with E-state index in [9.17, 15) is 0 Å². The summed E-state index contributed by atoms with van der Waals surface area (Å²) in [5.74, 6) is 0. The van der Waals surface area contributed by atoms with Crippen molar-refractivity contribution in [2.24, 2.45) is 0 Å². The fourth-order valence-corrected chi connectivity index (χ4v) is 8.53. The first-order valence-corrected chi connectivity index (χ1v) is 16.5. The third kappa shape index (κ3) is 5.11. The minimum Gasteiger partial charge on any atom is -0.407 e. The monoisotopic (exact) mass is 595 g/mol. The Morgan fingerprint density at radius 3 is 1.34 bits per heavy atom. The van der Waals surface area contributed by atoms with Crippen LogP contribution in [0.1, 0.15) is 59.3 Å². The lowest BCUT2D eigenvalue weighted by Crippen LogP contribution is -2.27. The molecule has 1 aromatic heterocycles. The standard InChI is InChI=1S/C40H38NO2P/c1-25-19-27(3)39-37(21-25)38-22-26(2)20-28(4)40(38)43-44(42-39)41(29(5)33-17-15-31-11-7-9-13-35(31)23-33)30(6)34-18-16-32-12-8-10-14-36(32)24-34/h7-24,29-30H,1-6H3/t29-,30-/m0/s1. The third-order valence-corrected chi connectivity index (χ3v) is 10.7. The lowest BCUT2D eigenvalue weighted by molar-refractivity contribution is 0.557. The van der Waals surface area contributed by atoms with E-state index in [-0.39, 0.29) is 12.1 Å². The highest BCUT2D eigenvalue weighted by molar-refractivity contribution is 7.39. The van der Waals surface area contributed by atoms with Crippen LogP contribution < -0.4 is 4.67 Å². The molecule has 0 amide bonds. The Morgan fingerprint density at radius 1 is 0.500 bits per heavy atom. The van der Waals surface area contributed by atoms with Crippen molar-refractivity contribution in [1.82, 2.24) is 0 Å². The van der Waals surface area contributed by atoms with Crippen LogP contribution in [-0.2, 0) is 0 Å². The Hall–Kier alpha value is -4.30. The first-order valence-electron chi connectivity index (χ1n) is 15.4. The molecule has 0 radical (unpaired) electrons. The van der Waals surface area contributed by atoms with E-state index < -0.39 is 8.16 Å². The number of rotatable bonds is 5. The summed E-state index contributed by atoms with van der Waals surface area (Å²) < 4.78 is 16.7. The summed E-state index contributed by atoms with van der Waals surface area (Å²) in [7, 11) is -1.57. The quantitative estimate of drug-likeness (QED) is 0.198. The number of nitrogens with zero attached hydrogens (tertiary/aromatic N) is 1. The van der Waals surface area contributed by atoms with Crippen LogP contribution in [0.3, 0.4) is 0 Å². The molecular formula is C40H38NO2P. The van der Waals surface area contributed by atoms with Crippen molar-refractivity contribution in [3.63, 3.8) is 0 Å². The van der Waals surface area contributed by atoms with Crippen molar-refractivity contribution in [3.05, 3.63) is 143 Å². The molecule has 3 nitrogen and oxygen atoms in total. The topological polar surface area (TPSA) is 29.5 Å². The van der Waals surface area contributed by atoms with Gasteiger partial charge in [0, 0.05) is 22.9 Å². The summed E-state index contributed by atoms with van der Waals surface area (Å²) in [6.45, 7) is 13.2. The van der Waals surface area contributed by atoms with Gasteiger partial charge in [-0.15, -0.1) is 0 Å². The second-order valence-electron chi connectivity index (χ2n) is 12.3. The van der Waals surface area contributed by atoms with Crippen molar-refractivity contribution >= 4 is 51.6 Å². The molecule has 0 unspecified atom stereocenters. The Morgan fingerprint density at radius 2 is 0.909 bits per heavy atom. The molecule has 1 heterocycles. The molecule has 4 heteroatoms. The SMILES string of the molecule is Cc1cc(C)c2op(N([C@@H](C)c3ccc4ccccc4c3)[C@@H](C)c3ccc4ccccc4c3)oc3c(C)cc(C)cc3c2c1. The van der Waals surface area contributed by atoms with Gasteiger partial charge < -0.3 is 8.39 Å². The van der Waals surface area contributed by atoms with E-state index in [2.05, 4.69) is 155 Å². The number of hydrogen-bond acceptors (Lipinski definition) is 3. The molecule has 0 bridgehead atoms. The smallest absolute Gasteiger partial charge is 0.310 e. The van der Waals surface area contributed by atoms with Gasteiger partial charge in [0.1, 0.15) is 11.2 Å². The van der Waals surface area contributed by atoms with Crippen LogP contribution in [0.5, 0.6) is 0 Å². The Labute approximate surface area is 260 Å². The highest BCUT2D eigenvalue weighted by Crippen LogP contribution is 2.47. The van der Waals surface area contributed by atoms with Crippen LogP contribution in [0.15, 0.2) is 118 Å². The molecule has 0 fully saturated rings. The molecule has 0 aliphatic heterocycles. The second kappa shape index (κ2) is 11.3. The van der Waals surface area contributed by atoms with Crippen LogP contribution in [0.25, 0.3) is 43.5 Å². The molecule has 0 aliphatic rings. The van der Waals surface area contributed by atoms with Crippen molar-refractivity contribution in [2.75, 3.05) is 4.67 Å². The Balaban J connectivity index is 1.51.